The Kier molecular flexibility index (Phi) is 25.7. The lowest BCUT2D eigenvalue weighted by Crippen LogP contribution is -2.57. The molecule has 0 radical (unpaired) electrons. The van der Waals surface area contributed by atoms with Gasteiger partial charge in [0.1, 0.15) is 17.0 Å². The number of β-amino-alcohol motifs (C(OH)–C–C–N with tert-alkyl or cyclic N) is 1. The number of halogens is 4. The number of nitrogens with one attached hydrogen (secondary N) is 4. The normalized spacial score (nSPS) is 21.6. The molecule has 0 bridgehead atoms. The van der Waals surface area contributed by atoms with Gasteiger partial charge in [-0.05, 0) is 152 Å². The minimum Gasteiger partial charge on any atom is -0.391 e. The number of aromatic nitrogens is 1. The van der Waals surface area contributed by atoms with E-state index in [0.717, 1.165) is 83.3 Å². The quantitative estimate of drug-likeness (QED) is 0.0226. The van der Waals surface area contributed by atoms with Gasteiger partial charge >= 0.3 is 5.51 Å². The van der Waals surface area contributed by atoms with E-state index in [1.165, 1.54) is 45.5 Å². The van der Waals surface area contributed by atoms with Crippen molar-refractivity contribution in [3.63, 3.8) is 0 Å². The zero-order valence-corrected chi connectivity index (χ0v) is 67.5. The van der Waals surface area contributed by atoms with Crippen molar-refractivity contribution in [1.29, 1.82) is 0 Å². The van der Waals surface area contributed by atoms with E-state index < -0.39 is 94.3 Å². The summed E-state index contributed by atoms with van der Waals surface area (Å²) in [5.74, 6) is -2.01. The summed E-state index contributed by atoms with van der Waals surface area (Å²) in [5.41, 5.74) is 1.88. The molecule has 4 unspecified atom stereocenters. The van der Waals surface area contributed by atoms with E-state index in [0.29, 0.717) is 82.6 Å². The number of benzene rings is 5. The number of thiazole rings is 1. The molecule has 109 heavy (non-hydrogen) atoms. The molecule has 0 saturated carbocycles. The van der Waals surface area contributed by atoms with Gasteiger partial charge in [-0.3, -0.25) is 28.9 Å². The average Bonchev–Trinajstić information content (AvgIpc) is 1.58. The molecule has 5 heterocycles. The molecule has 7 atom stereocenters. The molecule has 5 aliphatic rings. The number of carbonyl (C=O) groups is 5. The SMILES string of the molecule is Cc1ncsc1-c1ccc([C@H](C)NC(=O)[C@@H]2C[C@@H](O)CN2C(=O)C(NC(=O)CCCCCC(=O)N2CC3(C)CN(CCC(CSc4ccccc4)Nc4ccc(S(=O)(=O)NC(=O)c5ccc(N6CCN(CC7=C(c8ccc(Cl)cc8)CCC(C)(C)C7)CC6)cc5)cc4S(=O)(=O)C(F)(F)F)CC3(C)C2)C(C)(C)C)cc1. The lowest BCUT2D eigenvalue weighted by atomic mass is 9.71. The number of unbranched alkanes of at least 4 members (excludes halogenated alkanes) is 2. The third-order valence-electron chi connectivity index (χ3n) is 22.5. The van der Waals surface area contributed by atoms with Gasteiger partial charge in [-0.1, -0.05) is 127 Å². The van der Waals surface area contributed by atoms with E-state index in [1.54, 1.807) is 29.0 Å². The third-order valence-corrected chi connectivity index (χ3v) is 27.7. The Morgan fingerprint density at radius 1 is 0.780 bits per heavy atom. The van der Waals surface area contributed by atoms with Crippen molar-refractivity contribution in [3.8, 4) is 10.4 Å². The highest BCUT2D eigenvalue weighted by atomic mass is 35.5. The van der Waals surface area contributed by atoms with Gasteiger partial charge in [0.15, 0.2) is 0 Å². The predicted octanol–water partition coefficient (Wildman–Crippen LogP) is 13.4. The second kappa shape index (κ2) is 33.9. The summed E-state index contributed by atoms with van der Waals surface area (Å²) in [6, 6.07) is 31.0. The Labute approximate surface area is 652 Å². The number of nitrogens with zero attached hydrogens (tertiary/aromatic N) is 6. The minimum absolute atomic E-state index is 0.0105. The van der Waals surface area contributed by atoms with Crippen molar-refractivity contribution in [2.45, 2.75) is 177 Å². The van der Waals surface area contributed by atoms with E-state index >= 15 is 0 Å². The number of anilines is 2. The number of carbonyl (C=O) groups excluding carboxylic acids is 5. The molecule has 20 nitrogen and oxygen atoms in total. The van der Waals surface area contributed by atoms with Gasteiger partial charge in [0.2, 0.25) is 23.6 Å². The van der Waals surface area contributed by atoms with Gasteiger partial charge in [-0.2, -0.15) is 13.2 Å². The van der Waals surface area contributed by atoms with Crippen LogP contribution in [0.5, 0.6) is 0 Å². The number of aliphatic hydroxyl groups is 1. The molecule has 0 spiro atoms. The Bertz CT molecular complexity index is 4520. The number of sulfonamides is 1. The van der Waals surface area contributed by atoms with Crippen molar-refractivity contribution in [2.24, 2.45) is 21.7 Å². The van der Waals surface area contributed by atoms with Crippen molar-refractivity contribution in [3.05, 3.63) is 160 Å². The number of rotatable bonds is 28. The summed E-state index contributed by atoms with van der Waals surface area (Å²) in [6.07, 6.45) is 4.46. The molecule has 1 aromatic heterocycles. The summed E-state index contributed by atoms with van der Waals surface area (Å²) in [5, 5.41) is 20.5. The fraction of sp³-hybridized carbons (Fsp3) is 0.506. The summed E-state index contributed by atoms with van der Waals surface area (Å²) in [6.45, 7) is 24.6. The molecule has 4 fully saturated rings. The lowest BCUT2D eigenvalue weighted by Gasteiger charge is -2.39. The Balaban J connectivity index is 0.659. The number of piperazine rings is 1. The van der Waals surface area contributed by atoms with Crippen molar-refractivity contribution < 1.29 is 59.1 Å². The minimum atomic E-state index is -6.19. The number of sulfone groups is 1. The number of likely N-dealkylation sites (tertiary alicyclic amines) is 3. The number of alkyl halides is 3. The molecule has 4 aliphatic heterocycles. The number of thioether (sulfide) groups is 1. The Hall–Kier alpha value is -7.37. The highest BCUT2D eigenvalue weighted by Crippen LogP contribution is 2.52. The average molecular weight is 1600 g/mol. The Morgan fingerprint density at radius 2 is 1.43 bits per heavy atom. The maximum Gasteiger partial charge on any atom is 0.501 e. The topological polar surface area (TPSA) is 251 Å². The third kappa shape index (κ3) is 19.9. The van der Waals surface area contributed by atoms with E-state index in [1.807, 2.05) is 111 Å². The van der Waals surface area contributed by atoms with Crippen LogP contribution in [-0.2, 0) is 39.0 Å². The van der Waals surface area contributed by atoms with Crippen molar-refractivity contribution in [2.75, 3.05) is 88.0 Å². The molecule has 6 aromatic rings. The summed E-state index contributed by atoms with van der Waals surface area (Å²) < 4.78 is 101. The standard InChI is InChI=1S/C81H102ClF3N10O10S4/c1-53(55-20-22-57(23-21-55)72-54(2)86-52-107-72)87-75(100)68-42-63(96)46-95(68)76(101)73(77(3,4)5)89-70(97)18-14-11-15-19-71(98)94-50-79(8)48-92(49-80(79,9)51-94)37-35-61(47-106-64-16-12-10-13-17-64)88-67-33-32-65(43-69(67)108(102,103)81(83,84)85)109(104,105)90-74(99)58-26-30-62(31-27-58)93-40-38-91(39-41-93)45-59-44-78(6,7)36-34-66(59)56-24-28-60(82)29-25-56/h10,12-13,16-17,20-33,43,52-53,61,63,68,73,88,96H,11,14-15,18-19,34-42,44-51H2,1-9H3,(H,87,100)(H,89,97)(H,90,99)/t53-,61?,63+,68-,73?,79?,80?/m0/s1. The van der Waals surface area contributed by atoms with Crippen LogP contribution in [0.2, 0.25) is 5.02 Å². The first-order chi connectivity index (χ1) is 51.4. The molecule has 5 aromatic carbocycles. The van der Waals surface area contributed by atoms with Crippen LogP contribution in [0.15, 0.2) is 147 Å². The number of amides is 5. The van der Waals surface area contributed by atoms with E-state index in [-0.39, 0.29) is 65.2 Å². The molecule has 1 aliphatic carbocycles. The first-order valence-electron chi connectivity index (χ1n) is 37.5. The molecule has 11 rings (SSSR count). The van der Waals surface area contributed by atoms with Gasteiger partial charge in [-0.15, -0.1) is 23.1 Å². The molecule has 5 N–H and O–H groups in total. The van der Waals surface area contributed by atoms with E-state index in [9.17, 15) is 59.1 Å². The van der Waals surface area contributed by atoms with Crippen LogP contribution >= 0.6 is 34.7 Å². The summed E-state index contributed by atoms with van der Waals surface area (Å²) >= 11 is 9.20. The van der Waals surface area contributed by atoms with Crippen LogP contribution in [0.4, 0.5) is 24.5 Å². The van der Waals surface area contributed by atoms with Crippen LogP contribution in [0, 0.1) is 28.6 Å². The van der Waals surface area contributed by atoms with Crippen LogP contribution in [-0.4, -0.2) is 184 Å². The van der Waals surface area contributed by atoms with Crippen LogP contribution in [0.3, 0.4) is 0 Å². The second-order valence-corrected chi connectivity index (χ2v) is 38.5. The summed E-state index contributed by atoms with van der Waals surface area (Å²) in [4.78, 5) is 83.6. The molecular formula is C81H102ClF3N10O10S4. The first-order valence-corrected chi connectivity index (χ1v) is 42.7. The zero-order chi connectivity index (χ0) is 78.6. The fourth-order valence-electron chi connectivity index (χ4n) is 16.0. The number of hydrogen-bond donors (Lipinski definition) is 5. The Morgan fingerprint density at radius 3 is 2.06 bits per heavy atom. The predicted molar refractivity (Wildman–Crippen MR) is 423 cm³/mol. The highest BCUT2D eigenvalue weighted by molar-refractivity contribution is 7.99. The number of allylic oxidation sites excluding steroid dienone is 1. The van der Waals surface area contributed by atoms with E-state index in [4.69, 9.17) is 11.6 Å². The number of aliphatic hydroxyl groups excluding tert-OH is 1. The number of hydrogen-bond acceptors (Lipinski definition) is 17. The van der Waals surface area contributed by atoms with Crippen LogP contribution in [0.1, 0.15) is 153 Å². The fourth-order valence-corrected chi connectivity index (χ4v) is 19.9. The monoisotopic (exact) mass is 1590 g/mol. The first kappa shape index (κ1) is 82.6. The maximum atomic E-state index is 14.7. The van der Waals surface area contributed by atoms with Crippen LogP contribution < -0.4 is 25.6 Å². The van der Waals surface area contributed by atoms with Gasteiger partial charge < -0.3 is 40.7 Å². The van der Waals surface area contributed by atoms with Crippen LogP contribution in [0.25, 0.3) is 16.0 Å². The number of fused-ring (bicyclic) bond motifs is 1. The van der Waals surface area contributed by atoms with Gasteiger partial charge in [-0.25, -0.2) is 26.5 Å². The number of aryl methyl sites for hydroxylation is 1. The molecular weight excluding hydrogens is 1490 g/mol. The molecule has 5 amide bonds. The lowest BCUT2D eigenvalue weighted by molar-refractivity contribution is -0.144. The smallest absolute Gasteiger partial charge is 0.391 e. The van der Waals surface area contributed by atoms with Gasteiger partial charge in [0, 0.05) is 135 Å². The van der Waals surface area contributed by atoms with Crippen molar-refractivity contribution >= 4 is 101 Å². The summed E-state index contributed by atoms with van der Waals surface area (Å²) in [7, 11) is -11.1. The van der Waals surface area contributed by atoms with Gasteiger partial charge in [0.05, 0.1) is 38.8 Å². The highest BCUT2D eigenvalue weighted by Gasteiger charge is 2.58. The van der Waals surface area contributed by atoms with Gasteiger partial charge in [0.25, 0.3) is 25.8 Å². The molecule has 28 heteroatoms. The molecule has 4 saturated heterocycles. The second-order valence-electron chi connectivity index (χ2n) is 32.6. The molecule has 588 valence electrons. The maximum absolute atomic E-state index is 14.7. The van der Waals surface area contributed by atoms with E-state index in [2.05, 4.69) is 75.5 Å². The zero-order valence-electron chi connectivity index (χ0n) is 63.5. The van der Waals surface area contributed by atoms with Crippen molar-refractivity contribution in [1.82, 2.24) is 39.9 Å². The largest absolute Gasteiger partial charge is 0.501 e.